The summed E-state index contributed by atoms with van der Waals surface area (Å²) in [7, 11) is 5.06. The standard InChI is InChI=1S/C21H23N3O4/c1-24(8-10-27-18-6-4-16(14-22)12-20(18)25-2)9-11-28-19-7-5-17(15-23)13-21(19)26-3/h4-7,12-13H,8-11H2,1-3H3. The fraction of sp³-hybridized carbons (Fsp3) is 0.333. The van der Waals surface area contributed by atoms with Crippen molar-refractivity contribution in [1.82, 2.24) is 4.90 Å². The van der Waals surface area contributed by atoms with Crippen LogP contribution >= 0.6 is 0 Å². The van der Waals surface area contributed by atoms with Gasteiger partial charge in [-0.05, 0) is 31.3 Å². The molecule has 0 atom stereocenters. The molecule has 0 saturated carbocycles. The Morgan fingerprint density at radius 2 is 1.18 bits per heavy atom. The summed E-state index contributed by atoms with van der Waals surface area (Å²) in [6, 6.07) is 14.3. The molecule has 0 radical (unpaired) electrons. The van der Waals surface area contributed by atoms with Gasteiger partial charge in [0.1, 0.15) is 13.2 Å². The van der Waals surface area contributed by atoms with Crippen LogP contribution in [0.4, 0.5) is 0 Å². The summed E-state index contributed by atoms with van der Waals surface area (Å²) in [6.45, 7) is 2.33. The van der Waals surface area contributed by atoms with E-state index in [1.807, 2.05) is 7.05 Å². The molecule has 0 aromatic heterocycles. The third kappa shape index (κ3) is 5.80. The normalized spacial score (nSPS) is 10.1. The molecule has 2 rings (SSSR count). The van der Waals surface area contributed by atoms with E-state index in [-0.39, 0.29) is 0 Å². The van der Waals surface area contributed by atoms with E-state index in [4.69, 9.17) is 29.5 Å². The molecule has 7 nitrogen and oxygen atoms in total. The fourth-order valence-electron chi connectivity index (χ4n) is 2.45. The Balaban J connectivity index is 1.77. The second-order valence-electron chi connectivity index (χ2n) is 5.96. The zero-order valence-corrected chi connectivity index (χ0v) is 16.3. The number of likely N-dealkylation sites (N-methyl/N-ethyl adjacent to an activating group) is 1. The lowest BCUT2D eigenvalue weighted by Crippen LogP contribution is -2.28. The topological polar surface area (TPSA) is 87.7 Å². The Labute approximate surface area is 165 Å². The van der Waals surface area contributed by atoms with E-state index in [9.17, 15) is 0 Å². The van der Waals surface area contributed by atoms with Gasteiger partial charge < -0.3 is 18.9 Å². The molecular weight excluding hydrogens is 358 g/mol. The SMILES string of the molecule is COc1cc(C#N)ccc1OCCN(C)CCOc1ccc(C#N)cc1OC. The van der Waals surface area contributed by atoms with Gasteiger partial charge in [-0.2, -0.15) is 10.5 Å². The minimum Gasteiger partial charge on any atom is -0.493 e. The predicted octanol–water partition coefficient (Wildman–Crippen LogP) is 2.84. The lowest BCUT2D eigenvalue weighted by Gasteiger charge is -2.18. The van der Waals surface area contributed by atoms with E-state index in [2.05, 4.69) is 17.0 Å². The number of rotatable bonds is 10. The van der Waals surface area contributed by atoms with Crippen molar-refractivity contribution in [2.45, 2.75) is 0 Å². The first-order valence-corrected chi connectivity index (χ1v) is 8.71. The quantitative estimate of drug-likeness (QED) is 0.625. The molecule has 0 aliphatic rings. The van der Waals surface area contributed by atoms with Gasteiger partial charge in [-0.1, -0.05) is 0 Å². The summed E-state index contributed by atoms with van der Waals surface area (Å²) >= 11 is 0. The van der Waals surface area contributed by atoms with Crippen LogP contribution in [-0.2, 0) is 0 Å². The van der Waals surface area contributed by atoms with Crippen LogP contribution in [0.3, 0.4) is 0 Å². The second-order valence-corrected chi connectivity index (χ2v) is 5.96. The van der Waals surface area contributed by atoms with Gasteiger partial charge in [-0.3, -0.25) is 4.90 Å². The number of nitrogens with zero attached hydrogens (tertiary/aromatic N) is 3. The number of nitriles is 2. The highest BCUT2D eigenvalue weighted by molar-refractivity contribution is 5.47. The summed E-state index contributed by atoms with van der Waals surface area (Å²) in [6.07, 6.45) is 0. The molecule has 28 heavy (non-hydrogen) atoms. The van der Waals surface area contributed by atoms with Gasteiger partial charge in [0.05, 0.1) is 37.5 Å². The van der Waals surface area contributed by atoms with Crippen molar-refractivity contribution >= 4 is 0 Å². The highest BCUT2D eigenvalue weighted by Crippen LogP contribution is 2.28. The van der Waals surface area contributed by atoms with E-state index >= 15 is 0 Å². The van der Waals surface area contributed by atoms with E-state index in [1.54, 1.807) is 50.6 Å². The minimum atomic E-state index is 0.471. The van der Waals surface area contributed by atoms with Gasteiger partial charge in [0.2, 0.25) is 0 Å². The van der Waals surface area contributed by atoms with Gasteiger partial charge in [-0.15, -0.1) is 0 Å². The van der Waals surface area contributed by atoms with Crippen LogP contribution in [0.25, 0.3) is 0 Å². The highest BCUT2D eigenvalue weighted by Gasteiger charge is 2.08. The number of ether oxygens (including phenoxy) is 4. The molecule has 0 N–H and O–H groups in total. The van der Waals surface area contributed by atoms with Gasteiger partial charge in [-0.25, -0.2) is 0 Å². The van der Waals surface area contributed by atoms with Crippen molar-refractivity contribution < 1.29 is 18.9 Å². The monoisotopic (exact) mass is 381 g/mol. The summed E-state index contributed by atoms with van der Waals surface area (Å²) in [4.78, 5) is 2.08. The maximum Gasteiger partial charge on any atom is 0.162 e. The minimum absolute atomic E-state index is 0.471. The zero-order chi connectivity index (χ0) is 20.4. The van der Waals surface area contributed by atoms with Crippen LogP contribution in [0.5, 0.6) is 23.0 Å². The number of hydrogen-bond acceptors (Lipinski definition) is 7. The summed E-state index contributed by atoms with van der Waals surface area (Å²) < 4.78 is 22.0. The molecule has 0 fully saturated rings. The van der Waals surface area contributed by atoms with Crippen molar-refractivity contribution in [1.29, 1.82) is 10.5 Å². The van der Waals surface area contributed by atoms with E-state index in [0.29, 0.717) is 60.4 Å². The van der Waals surface area contributed by atoms with Gasteiger partial charge in [0.15, 0.2) is 23.0 Å². The van der Waals surface area contributed by atoms with E-state index < -0.39 is 0 Å². The van der Waals surface area contributed by atoms with Crippen molar-refractivity contribution in [2.24, 2.45) is 0 Å². The molecule has 0 unspecified atom stereocenters. The maximum atomic E-state index is 8.93. The van der Waals surface area contributed by atoms with E-state index in [1.165, 1.54) is 0 Å². The van der Waals surface area contributed by atoms with Crippen LogP contribution in [-0.4, -0.2) is 52.5 Å². The average molecular weight is 381 g/mol. The summed E-state index contributed by atoms with van der Waals surface area (Å²) in [5, 5.41) is 17.9. The largest absolute Gasteiger partial charge is 0.493 e. The molecule has 0 aliphatic heterocycles. The molecule has 146 valence electrons. The number of benzene rings is 2. The average Bonchev–Trinajstić information content (AvgIpc) is 2.73. The van der Waals surface area contributed by atoms with Gasteiger partial charge in [0, 0.05) is 25.2 Å². The lowest BCUT2D eigenvalue weighted by molar-refractivity contribution is 0.196. The molecule has 0 saturated heterocycles. The Bertz CT molecular complexity index is 799. The fourth-order valence-corrected chi connectivity index (χ4v) is 2.45. The first-order valence-electron chi connectivity index (χ1n) is 8.71. The molecular formula is C21H23N3O4. The second kappa shape index (κ2) is 10.7. The first kappa shape index (κ1) is 20.9. The first-order chi connectivity index (χ1) is 13.6. The Hall–Kier alpha value is -3.42. The van der Waals surface area contributed by atoms with Gasteiger partial charge >= 0.3 is 0 Å². The van der Waals surface area contributed by atoms with Crippen molar-refractivity contribution in [3.8, 4) is 35.1 Å². The Morgan fingerprint density at radius 1 is 0.750 bits per heavy atom. The number of hydrogen-bond donors (Lipinski definition) is 0. The van der Waals surface area contributed by atoms with Crippen molar-refractivity contribution in [3.63, 3.8) is 0 Å². The molecule has 0 spiro atoms. The van der Waals surface area contributed by atoms with Crippen LogP contribution in [0, 0.1) is 22.7 Å². The molecule has 0 amide bonds. The molecule has 2 aromatic rings. The lowest BCUT2D eigenvalue weighted by atomic mass is 10.2. The zero-order valence-electron chi connectivity index (χ0n) is 16.3. The maximum absolute atomic E-state index is 8.93. The summed E-state index contributed by atoms with van der Waals surface area (Å²) in [5.41, 5.74) is 1.05. The van der Waals surface area contributed by atoms with Crippen molar-refractivity contribution in [2.75, 3.05) is 47.6 Å². The highest BCUT2D eigenvalue weighted by atomic mass is 16.5. The predicted molar refractivity (Wildman–Crippen MR) is 104 cm³/mol. The number of methoxy groups -OCH3 is 2. The van der Waals surface area contributed by atoms with Crippen LogP contribution in [0.1, 0.15) is 11.1 Å². The Morgan fingerprint density at radius 3 is 1.54 bits per heavy atom. The third-order valence-corrected chi connectivity index (χ3v) is 4.05. The molecule has 0 aliphatic carbocycles. The van der Waals surface area contributed by atoms with Crippen molar-refractivity contribution in [3.05, 3.63) is 47.5 Å². The molecule has 7 heteroatoms. The molecule has 2 aromatic carbocycles. The van der Waals surface area contributed by atoms with E-state index in [0.717, 1.165) is 0 Å². The summed E-state index contributed by atoms with van der Waals surface area (Å²) in [5.74, 6) is 2.29. The Kier molecular flexibility index (Phi) is 7.95. The molecule has 0 bridgehead atoms. The van der Waals surface area contributed by atoms with Crippen LogP contribution < -0.4 is 18.9 Å². The molecule has 0 heterocycles. The van der Waals surface area contributed by atoms with Gasteiger partial charge in [0.25, 0.3) is 0 Å². The van der Waals surface area contributed by atoms with Crippen LogP contribution in [0.15, 0.2) is 36.4 Å². The third-order valence-electron chi connectivity index (χ3n) is 4.05. The van der Waals surface area contributed by atoms with Crippen LogP contribution in [0.2, 0.25) is 0 Å². The smallest absolute Gasteiger partial charge is 0.162 e.